The van der Waals surface area contributed by atoms with E-state index >= 15 is 0 Å². The Morgan fingerprint density at radius 2 is 2.13 bits per heavy atom. The fraction of sp³-hybridized carbons (Fsp3) is 0.500. The monoisotopic (exact) mass is 443 g/mol. The molecule has 0 saturated carbocycles. The van der Waals surface area contributed by atoms with Crippen LogP contribution >= 0.6 is 0 Å². The van der Waals surface area contributed by atoms with Crippen molar-refractivity contribution in [3.8, 4) is 11.6 Å². The van der Waals surface area contributed by atoms with E-state index in [1.807, 2.05) is 0 Å². The third-order valence-corrected chi connectivity index (χ3v) is 5.09. The smallest absolute Gasteiger partial charge is 0.345 e. The van der Waals surface area contributed by atoms with Crippen LogP contribution in [0.25, 0.3) is 0 Å². The van der Waals surface area contributed by atoms with Crippen LogP contribution < -0.4 is 14.8 Å². The number of halogens is 4. The highest BCUT2D eigenvalue weighted by molar-refractivity contribution is 5.92. The summed E-state index contributed by atoms with van der Waals surface area (Å²) in [6.45, 7) is -2.47. The summed E-state index contributed by atoms with van der Waals surface area (Å²) in [5.41, 5.74) is 1.39. The number of aromatic nitrogens is 2. The first-order valence-corrected chi connectivity index (χ1v) is 9.85. The van der Waals surface area contributed by atoms with Gasteiger partial charge >= 0.3 is 6.61 Å². The zero-order valence-electron chi connectivity index (χ0n) is 16.4. The zero-order valence-corrected chi connectivity index (χ0v) is 16.4. The lowest BCUT2D eigenvalue weighted by molar-refractivity contribution is -0.147. The van der Waals surface area contributed by atoms with Crippen molar-refractivity contribution in [2.75, 3.05) is 13.2 Å². The van der Waals surface area contributed by atoms with E-state index in [1.165, 1.54) is 10.7 Å². The van der Waals surface area contributed by atoms with Gasteiger partial charge in [0.25, 0.3) is 5.91 Å². The van der Waals surface area contributed by atoms with E-state index in [-0.39, 0.29) is 31.4 Å². The summed E-state index contributed by atoms with van der Waals surface area (Å²) in [5.74, 6) is 0.485. The molecule has 2 aliphatic rings. The highest BCUT2D eigenvalue weighted by Gasteiger charge is 2.27. The summed E-state index contributed by atoms with van der Waals surface area (Å²) in [5, 5.41) is 7.03. The maximum atomic E-state index is 12.6. The number of hydrogen-bond acceptors (Lipinski definition) is 5. The molecule has 7 nitrogen and oxygen atoms in total. The first-order valence-electron chi connectivity index (χ1n) is 9.85. The highest BCUT2D eigenvalue weighted by Crippen LogP contribution is 2.27. The van der Waals surface area contributed by atoms with Gasteiger partial charge in [-0.15, -0.1) is 0 Å². The Labute approximate surface area is 175 Å². The van der Waals surface area contributed by atoms with Gasteiger partial charge in [-0.05, 0) is 23.6 Å². The molecule has 4 rings (SSSR count). The van der Waals surface area contributed by atoms with Crippen LogP contribution in [0.1, 0.15) is 28.0 Å². The summed E-state index contributed by atoms with van der Waals surface area (Å²) >= 11 is 0. The SMILES string of the molecule is O=C(N[C@H]1COc2ccc(CC(F)F)cc2C1)c1cc2n(n1)CC[C@H](COC(F)F)O2. The van der Waals surface area contributed by atoms with Gasteiger partial charge in [0.05, 0.1) is 12.6 Å². The molecular formula is C20H21F4N3O4. The maximum Gasteiger partial charge on any atom is 0.345 e. The lowest BCUT2D eigenvalue weighted by Gasteiger charge is -2.26. The number of ether oxygens (including phenoxy) is 3. The second kappa shape index (κ2) is 9.13. The van der Waals surface area contributed by atoms with Gasteiger partial charge in [0.15, 0.2) is 5.69 Å². The molecule has 0 aliphatic carbocycles. The standard InChI is InChI=1S/C20H21F4N3O4/c21-17(22)6-11-1-2-16-12(5-11)7-13(9-29-16)25-19(28)15-8-18-27(26-15)4-3-14(31-18)10-30-20(23)24/h1-2,5,8,13-14,17,20H,3-4,6-7,9-10H2,(H,25,28)/t13-,14-/m1/s1. The first-order chi connectivity index (χ1) is 14.9. The number of alkyl halides is 4. The van der Waals surface area contributed by atoms with Gasteiger partial charge in [-0.25, -0.2) is 13.5 Å². The quantitative estimate of drug-likeness (QED) is 0.667. The molecular weight excluding hydrogens is 422 g/mol. The first kappa shape index (κ1) is 21.4. The lowest BCUT2D eigenvalue weighted by Crippen LogP contribution is -2.43. The molecule has 3 heterocycles. The molecule has 0 radical (unpaired) electrons. The van der Waals surface area contributed by atoms with Crippen molar-refractivity contribution >= 4 is 5.91 Å². The molecule has 1 N–H and O–H groups in total. The second-order valence-corrected chi connectivity index (χ2v) is 7.44. The van der Waals surface area contributed by atoms with Gasteiger partial charge in [0, 0.05) is 25.5 Å². The molecule has 0 unspecified atom stereocenters. The average Bonchev–Trinajstić information content (AvgIpc) is 3.15. The highest BCUT2D eigenvalue weighted by atomic mass is 19.3. The molecule has 11 heteroatoms. The molecule has 1 aromatic carbocycles. The molecule has 0 bridgehead atoms. The normalized spacial score (nSPS) is 20.1. The van der Waals surface area contributed by atoms with Crippen molar-refractivity contribution < 1.29 is 36.6 Å². The molecule has 0 spiro atoms. The van der Waals surface area contributed by atoms with Crippen molar-refractivity contribution in [2.45, 2.75) is 51.0 Å². The Hall–Kier alpha value is -2.82. The Kier molecular flexibility index (Phi) is 6.30. The zero-order chi connectivity index (χ0) is 22.0. The number of aryl methyl sites for hydroxylation is 1. The van der Waals surface area contributed by atoms with Crippen LogP contribution in [0.3, 0.4) is 0 Å². The van der Waals surface area contributed by atoms with Gasteiger partial charge < -0.3 is 19.5 Å². The Bertz CT molecular complexity index is 937. The van der Waals surface area contributed by atoms with Crippen LogP contribution in [0.15, 0.2) is 24.3 Å². The summed E-state index contributed by atoms with van der Waals surface area (Å²) in [7, 11) is 0. The Morgan fingerprint density at radius 1 is 1.29 bits per heavy atom. The van der Waals surface area contributed by atoms with Crippen LogP contribution in [-0.2, 0) is 24.1 Å². The number of hydrogen-bond donors (Lipinski definition) is 1. The summed E-state index contributed by atoms with van der Waals surface area (Å²) < 4.78 is 66.7. The Morgan fingerprint density at radius 3 is 2.90 bits per heavy atom. The third-order valence-electron chi connectivity index (χ3n) is 5.09. The minimum absolute atomic E-state index is 0.127. The van der Waals surface area contributed by atoms with E-state index in [4.69, 9.17) is 9.47 Å². The largest absolute Gasteiger partial charge is 0.491 e. The topological polar surface area (TPSA) is 74.6 Å². The molecule has 0 saturated heterocycles. The van der Waals surface area contributed by atoms with Gasteiger partial charge in [-0.1, -0.05) is 12.1 Å². The number of benzene rings is 1. The third kappa shape index (κ3) is 5.27. The van der Waals surface area contributed by atoms with Crippen LogP contribution in [0.2, 0.25) is 0 Å². The van der Waals surface area contributed by atoms with Crippen LogP contribution in [0, 0.1) is 0 Å². The predicted molar refractivity (Wildman–Crippen MR) is 99.8 cm³/mol. The lowest BCUT2D eigenvalue weighted by atomic mass is 9.99. The molecule has 0 fully saturated rings. The molecule has 2 aliphatic heterocycles. The summed E-state index contributed by atoms with van der Waals surface area (Å²) in [4.78, 5) is 12.6. The molecule has 1 aromatic heterocycles. The number of rotatable bonds is 7. The minimum Gasteiger partial charge on any atom is -0.491 e. The van der Waals surface area contributed by atoms with E-state index in [0.717, 1.165) is 5.56 Å². The molecule has 2 atom stereocenters. The van der Waals surface area contributed by atoms with Crippen molar-refractivity contribution in [1.82, 2.24) is 15.1 Å². The van der Waals surface area contributed by atoms with Crippen molar-refractivity contribution in [2.24, 2.45) is 0 Å². The predicted octanol–water partition coefficient (Wildman–Crippen LogP) is 2.81. The van der Waals surface area contributed by atoms with Crippen LogP contribution in [0.5, 0.6) is 11.6 Å². The second-order valence-electron chi connectivity index (χ2n) is 7.44. The van der Waals surface area contributed by atoms with E-state index in [2.05, 4.69) is 15.2 Å². The number of carbonyl (C=O) groups is 1. The Balaban J connectivity index is 1.37. The number of nitrogens with zero attached hydrogens (tertiary/aromatic N) is 2. The fourth-order valence-corrected chi connectivity index (χ4v) is 3.66. The fourth-order valence-electron chi connectivity index (χ4n) is 3.66. The van der Waals surface area contributed by atoms with Crippen LogP contribution in [0.4, 0.5) is 17.6 Å². The molecule has 1 amide bonds. The van der Waals surface area contributed by atoms with E-state index in [9.17, 15) is 22.4 Å². The molecule has 2 aromatic rings. The summed E-state index contributed by atoms with van der Waals surface area (Å²) in [6.07, 6.45) is -2.45. The van der Waals surface area contributed by atoms with Gasteiger partial charge in [-0.2, -0.15) is 13.9 Å². The van der Waals surface area contributed by atoms with Gasteiger partial charge in [0.2, 0.25) is 12.3 Å². The minimum atomic E-state index is -2.87. The van der Waals surface area contributed by atoms with Crippen molar-refractivity contribution in [1.29, 1.82) is 0 Å². The van der Waals surface area contributed by atoms with Crippen LogP contribution in [-0.4, -0.2) is 54.1 Å². The number of amides is 1. The number of carbonyl (C=O) groups excluding carboxylic acids is 1. The summed E-state index contributed by atoms with van der Waals surface area (Å²) in [6, 6.07) is 6.04. The van der Waals surface area contributed by atoms with E-state index < -0.39 is 25.0 Å². The van der Waals surface area contributed by atoms with Gasteiger partial charge in [-0.3, -0.25) is 4.79 Å². The van der Waals surface area contributed by atoms with Crippen molar-refractivity contribution in [3.05, 3.63) is 41.1 Å². The molecule has 31 heavy (non-hydrogen) atoms. The van der Waals surface area contributed by atoms with Crippen molar-refractivity contribution in [3.63, 3.8) is 0 Å². The molecule has 168 valence electrons. The average molecular weight is 443 g/mol. The number of nitrogens with one attached hydrogen (secondary N) is 1. The van der Waals surface area contributed by atoms with E-state index in [1.54, 1.807) is 18.2 Å². The number of fused-ring (bicyclic) bond motifs is 2. The van der Waals surface area contributed by atoms with E-state index in [0.29, 0.717) is 36.6 Å². The maximum absolute atomic E-state index is 12.6. The van der Waals surface area contributed by atoms with Gasteiger partial charge in [0.1, 0.15) is 18.5 Å².